The van der Waals surface area contributed by atoms with Gasteiger partial charge in [0.15, 0.2) is 5.69 Å². The number of benzene rings is 1. The van der Waals surface area contributed by atoms with Crippen molar-refractivity contribution >= 4 is 28.7 Å². The first kappa shape index (κ1) is 15.0. The molecule has 3 heterocycles. The maximum Gasteiger partial charge on any atom is 0.292 e. The Morgan fingerprint density at radius 3 is 2.88 bits per heavy atom. The van der Waals surface area contributed by atoms with E-state index in [9.17, 15) is 4.79 Å². The minimum absolute atomic E-state index is 0.108. The smallest absolute Gasteiger partial charge is 0.285 e. The van der Waals surface area contributed by atoms with Crippen LogP contribution < -0.4 is 5.01 Å². The summed E-state index contributed by atoms with van der Waals surface area (Å²) in [7, 11) is 1.91. The molecule has 2 aromatic heterocycles. The molecule has 0 fully saturated rings. The highest BCUT2D eigenvalue weighted by molar-refractivity contribution is 6.30. The van der Waals surface area contributed by atoms with E-state index in [4.69, 9.17) is 11.6 Å². The maximum absolute atomic E-state index is 12.9. The van der Waals surface area contributed by atoms with Crippen molar-refractivity contribution in [3.05, 3.63) is 64.4 Å². The molecule has 3 aromatic rings. The molecule has 0 N–H and O–H groups in total. The number of nitrogens with zero attached hydrogens (tertiary/aromatic N) is 4. The summed E-state index contributed by atoms with van der Waals surface area (Å²) in [5, 5.41) is 8.61. The summed E-state index contributed by atoms with van der Waals surface area (Å²) in [5.41, 5.74) is 4.83. The number of aromatic nitrogens is 2. The minimum atomic E-state index is -0.108. The van der Waals surface area contributed by atoms with E-state index in [1.54, 1.807) is 27.9 Å². The molecule has 0 spiro atoms. The van der Waals surface area contributed by atoms with Gasteiger partial charge in [0.1, 0.15) is 0 Å². The van der Waals surface area contributed by atoms with Crippen molar-refractivity contribution in [3.8, 4) is 0 Å². The number of amides is 1. The van der Waals surface area contributed by atoms with Crippen LogP contribution in [0.1, 0.15) is 21.6 Å². The van der Waals surface area contributed by atoms with E-state index in [-0.39, 0.29) is 5.91 Å². The molecule has 6 heteroatoms. The topological polar surface area (TPSA) is 40.9 Å². The van der Waals surface area contributed by atoms with Crippen molar-refractivity contribution in [2.24, 2.45) is 0 Å². The van der Waals surface area contributed by atoms with E-state index in [1.807, 2.05) is 18.1 Å². The van der Waals surface area contributed by atoms with Gasteiger partial charge in [-0.05, 0) is 43.2 Å². The van der Waals surface area contributed by atoms with E-state index < -0.39 is 0 Å². The Bertz CT molecular complexity index is 949. The zero-order chi connectivity index (χ0) is 16.8. The number of hydrogen-bond donors (Lipinski definition) is 0. The normalized spacial score (nSPS) is 14.1. The first-order chi connectivity index (χ1) is 11.5. The van der Waals surface area contributed by atoms with Crippen molar-refractivity contribution in [3.63, 3.8) is 0 Å². The molecule has 0 unspecified atom stereocenters. The summed E-state index contributed by atoms with van der Waals surface area (Å²) < 4.78 is 1.64. The summed E-state index contributed by atoms with van der Waals surface area (Å²) in [6.07, 6.45) is 2.54. The van der Waals surface area contributed by atoms with Crippen LogP contribution >= 0.6 is 11.6 Å². The van der Waals surface area contributed by atoms with Crippen LogP contribution in [0.5, 0.6) is 0 Å². The van der Waals surface area contributed by atoms with Gasteiger partial charge >= 0.3 is 0 Å². The van der Waals surface area contributed by atoms with Crippen molar-refractivity contribution in [1.82, 2.24) is 14.6 Å². The Morgan fingerprint density at radius 1 is 1.21 bits per heavy atom. The predicted octanol–water partition coefficient (Wildman–Crippen LogP) is 3.35. The van der Waals surface area contributed by atoms with Crippen LogP contribution in [0.2, 0.25) is 5.02 Å². The second kappa shape index (κ2) is 5.53. The molecule has 24 heavy (non-hydrogen) atoms. The van der Waals surface area contributed by atoms with Gasteiger partial charge in [-0.1, -0.05) is 29.3 Å². The maximum atomic E-state index is 12.9. The third-order valence-electron chi connectivity index (χ3n) is 4.42. The number of fused-ring (bicyclic) bond motifs is 2. The SMILES string of the molecule is Cc1ccc2c(c1)CCN(C(=O)c1cc3ccc(Cl)cn3n1)N2C. The highest BCUT2D eigenvalue weighted by Gasteiger charge is 2.27. The predicted molar refractivity (Wildman–Crippen MR) is 94.5 cm³/mol. The molecule has 122 valence electrons. The fourth-order valence-electron chi connectivity index (χ4n) is 3.17. The van der Waals surface area contributed by atoms with Crippen LogP contribution in [0.15, 0.2) is 42.6 Å². The molecular formula is C18H17ClN4O. The number of pyridine rings is 1. The Kier molecular flexibility index (Phi) is 3.46. The van der Waals surface area contributed by atoms with Crippen LogP contribution in [-0.4, -0.2) is 34.1 Å². The second-order valence-corrected chi connectivity index (χ2v) is 6.52. The number of hydrogen-bond acceptors (Lipinski definition) is 3. The summed E-state index contributed by atoms with van der Waals surface area (Å²) >= 11 is 5.98. The summed E-state index contributed by atoms with van der Waals surface area (Å²) in [5.74, 6) is -0.108. The first-order valence-corrected chi connectivity index (χ1v) is 8.21. The van der Waals surface area contributed by atoms with Gasteiger partial charge in [0.25, 0.3) is 5.91 Å². The highest BCUT2D eigenvalue weighted by atomic mass is 35.5. The van der Waals surface area contributed by atoms with Crippen LogP contribution in [0.25, 0.3) is 5.52 Å². The third-order valence-corrected chi connectivity index (χ3v) is 4.64. The lowest BCUT2D eigenvalue weighted by Gasteiger charge is -2.38. The Balaban J connectivity index is 1.67. The number of halogens is 1. The zero-order valence-electron chi connectivity index (χ0n) is 13.5. The van der Waals surface area contributed by atoms with Gasteiger partial charge in [0.05, 0.1) is 16.2 Å². The highest BCUT2D eigenvalue weighted by Crippen LogP contribution is 2.28. The Morgan fingerprint density at radius 2 is 2.04 bits per heavy atom. The molecular weight excluding hydrogens is 324 g/mol. The molecule has 0 aliphatic carbocycles. The molecule has 0 saturated carbocycles. The molecule has 5 nitrogen and oxygen atoms in total. The van der Waals surface area contributed by atoms with Crippen LogP contribution in [-0.2, 0) is 6.42 Å². The van der Waals surface area contributed by atoms with E-state index in [1.165, 1.54) is 11.1 Å². The number of carbonyl (C=O) groups excluding carboxylic acids is 1. The van der Waals surface area contributed by atoms with Gasteiger partial charge in [0, 0.05) is 19.8 Å². The lowest BCUT2D eigenvalue weighted by molar-refractivity contribution is 0.0732. The molecule has 4 rings (SSSR count). The lowest BCUT2D eigenvalue weighted by Crippen LogP contribution is -2.48. The van der Waals surface area contributed by atoms with Crippen molar-refractivity contribution in [1.29, 1.82) is 0 Å². The van der Waals surface area contributed by atoms with E-state index >= 15 is 0 Å². The molecule has 0 radical (unpaired) electrons. The molecule has 0 bridgehead atoms. The minimum Gasteiger partial charge on any atom is -0.285 e. The van der Waals surface area contributed by atoms with Crippen molar-refractivity contribution < 1.29 is 4.79 Å². The van der Waals surface area contributed by atoms with Gasteiger partial charge in [-0.25, -0.2) is 9.52 Å². The fraction of sp³-hybridized carbons (Fsp3) is 0.222. The lowest BCUT2D eigenvalue weighted by atomic mass is 10.0. The monoisotopic (exact) mass is 340 g/mol. The van der Waals surface area contributed by atoms with E-state index in [0.29, 0.717) is 17.3 Å². The summed E-state index contributed by atoms with van der Waals surface area (Å²) in [6, 6.07) is 11.7. The van der Waals surface area contributed by atoms with Crippen molar-refractivity contribution in [2.45, 2.75) is 13.3 Å². The third kappa shape index (κ3) is 2.41. The van der Waals surface area contributed by atoms with Gasteiger partial charge in [-0.3, -0.25) is 9.80 Å². The van der Waals surface area contributed by atoms with Crippen LogP contribution in [0, 0.1) is 6.92 Å². The number of anilines is 1. The Labute approximate surface area is 145 Å². The largest absolute Gasteiger partial charge is 0.292 e. The standard InChI is InChI=1S/C18H17ClN4O/c1-12-3-6-17-13(9-12)7-8-23(21(17)2)18(24)16-10-15-5-4-14(19)11-22(15)20-16/h3-6,9-11H,7-8H2,1-2H3. The quantitative estimate of drug-likeness (QED) is 0.682. The molecule has 1 amide bonds. The van der Waals surface area contributed by atoms with E-state index in [2.05, 4.69) is 30.2 Å². The average molecular weight is 341 g/mol. The van der Waals surface area contributed by atoms with Crippen LogP contribution in [0.3, 0.4) is 0 Å². The number of hydrazine groups is 1. The fourth-order valence-corrected chi connectivity index (χ4v) is 3.33. The van der Waals surface area contributed by atoms with Gasteiger partial charge in [0.2, 0.25) is 0 Å². The van der Waals surface area contributed by atoms with Crippen LogP contribution in [0.4, 0.5) is 5.69 Å². The molecule has 1 aromatic carbocycles. The molecule has 0 atom stereocenters. The Hall–Kier alpha value is -2.53. The average Bonchev–Trinajstić information content (AvgIpc) is 2.97. The summed E-state index contributed by atoms with van der Waals surface area (Å²) in [6.45, 7) is 2.72. The molecule has 1 aliphatic rings. The zero-order valence-corrected chi connectivity index (χ0v) is 14.3. The van der Waals surface area contributed by atoms with Gasteiger partial charge in [-0.15, -0.1) is 0 Å². The van der Waals surface area contributed by atoms with Gasteiger partial charge < -0.3 is 0 Å². The first-order valence-electron chi connectivity index (χ1n) is 7.83. The van der Waals surface area contributed by atoms with Gasteiger partial charge in [-0.2, -0.15) is 5.10 Å². The molecule has 1 aliphatic heterocycles. The number of rotatable bonds is 1. The van der Waals surface area contributed by atoms with Crippen molar-refractivity contribution in [2.75, 3.05) is 18.6 Å². The van der Waals surface area contributed by atoms with E-state index in [0.717, 1.165) is 17.6 Å². The number of aryl methyl sites for hydroxylation is 1. The summed E-state index contributed by atoms with van der Waals surface area (Å²) in [4.78, 5) is 12.9. The molecule has 0 saturated heterocycles. The second-order valence-electron chi connectivity index (χ2n) is 6.08. The number of carbonyl (C=O) groups is 1.